The van der Waals surface area contributed by atoms with Gasteiger partial charge in [-0.3, -0.25) is 4.90 Å². The van der Waals surface area contributed by atoms with E-state index in [9.17, 15) is 0 Å². The molecule has 5 heteroatoms. The summed E-state index contributed by atoms with van der Waals surface area (Å²) in [5, 5.41) is 4.36. The molecule has 0 amide bonds. The van der Waals surface area contributed by atoms with Crippen molar-refractivity contribution in [2.24, 2.45) is 0 Å². The van der Waals surface area contributed by atoms with E-state index < -0.39 is 0 Å². The summed E-state index contributed by atoms with van der Waals surface area (Å²) in [6, 6.07) is 8.87. The number of piperazine rings is 1. The Labute approximate surface area is 124 Å². The predicted octanol–water partition coefficient (Wildman–Crippen LogP) is 2.12. The van der Waals surface area contributed by atoms with Gasteiger partial charge in [-0.05, 0) is 24.3 Å². The van der Waals surface area contributed by atoms with Crippen molar-refractivity contribution < 1.29 is 0 Å². The zero-order valence-corrected chi connectivity index (χ0v) is 12.6. The number of hydrogen-bond donors (Lipinski definition) is 1. The van der Waals surface area contributed by atoms with Gasteiger partial charge < -0.3 is 10.2 Å². The summed E-state index contributed by atoms with van der Waals surface area (Å²) in [5.41, 5.74) is 1.29. The summed E-state index contributed by atoms with van der Waals surface area (Å²) in [6.45, 7) is 5.74. The highest BCUT2D eigenvalue weighted by atomic mass is 35.5. The highest BCUT2D eigenvalue weighted by Crippen LogP contribution is 2.20. The molecule has 0 aromatic heterocycles. The van der Waals surface area contributed by atoms with Crippen molar-refractivity contribution in [1.82, 2.24) is 10.2 Å². The first-order valence-corrected chi connectivity index (χ1v) is 8.38. The molecule has 104 valence electrons. The van der Waals surface area contributed by atoms with Crippen molar-refractivity contribution in [2.45, 2.75) is 6.04 Å². The number of rotatable bonds is 3. The first kappa shape index (κ1) is 13.6. The van der Waals surface area contributed by atoms with E-state index in [4.69, 9.17) is 11.6 Å². The van der Waals surface area contributed by atoms with Gasteiger partial charge >= 0.3 is 0 Å². The minimum atomic E-state index is 0.687. The zero-order chi connectivity index (χ0) is 13.1. The van der Waals surface area contributed by atoms with Crippen LogP contribution < -0.4 is 10.2 Å². The second-order valence-corrected chi connectivity index (χ2v) is 6.65. The molecular weight excluding hydrogens is 278 g/mol. The van der Waals surface area contributed by atoms with Crippen LogP contribution in [0.15, 0.2) is 24.3 Å². The normalized spacial score (nSPS) is 24.9. The molecule has 3 nitrogen and oxygen atoms in total. The van der Waals surface area contributed by atoms with Crippen molar-refractivity contribution in [1.29, 1.82) is 0 Å². The molecule has 1 aromatic rings. The van der Waals surface area contributed by atoms with E-state index in [1.54, 1.807) is 0 Å². The number of nitrogens with one attached hydrogen (secondary N) is 1. The van der Waals surface area contributed by atoms with E-state index in [1.807, 2.05) is 23.9 Å². The van der Waals surface area contributed by atoms with Crippen LogP contribution in [0.2, 0.25) is 5.02 Å². The van der Waals surface area contributed by atoms with E-state index >= 15 is 0 Å². The zero-order valence-electron chi connectivity index (χ0n) is 11.0. The van der Waals surface area contributed by atoms with Gasteiger partial charge in [0.05, 0.1) is 0 Å². The fourth-order valence-electron chi connectivity index (χ4n) is 2.71. The minimum absolute atomic E-state index is 0.687. The third-order valence-corrected chi connectivity index (χ3v) is 5.10. The lowest BCUT2D eigenvalue weighted by atomic mass is 10.2. The second kappa shape index (κ2) is 6.35. The average molecular weight is 298 g/mol. The molecule has 2 heterocycles. The molecule has 1 unspecified atom stereocenters. The van der Waals surface area contributed by atoms with Crippen molar-refractivity contribution in [3.05, 3.63) is 29.3 Å². The monoisotopic (exact) mass is 297 g/mol. The SMILES string of the molecule is Clc1ccc(N2CCN(CC3CSCN3)CC2)cc1. The van der Waals surface area contributed by atoms with Gasteiger partial charge in [-0.15, -0.1) is 11.8 Å². The summed E-state index contributed by atoms with van der Waals surface area (Å²) in [4.78, 5) is 5.03. The smallest absolute Gasteiger partial charge is 0.0421 e. The van der Waals surface area contributed by atoms with Crippen molar-refractivity contribution >= 4 is 29.1 Å². The Bertz CT molecular complexity index is 398. The van der Waals surface area contributed by atoms with Crippen LogP contribution >= 0.6 is 23.4 Å². The lowest BCUT2D eigenvalue weighted by molar-refractivity contribution is 0.240. The molecule has 2 aliphatic heterocycles. The van der Waals surface area contributed by atoms with Gasteiger partial charge in [-0.1, -0.05) is 11.6 Å². The second-order valence-electron chi connectivity index (χ2n) is 5.18. The van der Waals surface area contributed by atoms with E-state index in [2.05, 4.69) is 27.2 Å². The van der Waals surface area contributed by atoms with Crippen molar-refractivity contribution in [3.63, 3.8) is 0 Å². The fraction of sp³-hybridized carbons (Fsp3) is 0.571. The fourth-order valence-corrected chi connectivity index (χ4v) is 3.81. The molecule has 0 saturated carbocycles. The number of hydrogen-bond acceptors (Lipinski definition) is 4. The van der Waals surface area contributed by atoms with Gasteiger partial charge in [-0.25, -0.2) is 0 Å². The standard InChI is InChI=1S/C14H20ClN3S/c15-12-1-3-14(4-2-12)18-7-5-17(6-8-18)9-13-10-19-11-16-13/h1-4,13,16H,5-11H2. The van der Waals surface area contributed by atoms with E-state index in [-0.39, 0.29) is 0 Å². The van der Waals surface area contributed by atoms with E-state index in [1.165, 1.54) is 18.0 Å². The Morgan fingerprint density at radius 3 is 2.53 bits per heavy atom. The molecular formula is C14H20ClN3S. The Kier molecular flexibility index (Phi) is 4.53. The van der Waals surface area contributed by atoms with Crippen LogP contribution in [0.4, 0.5) is 5.69 Å². The number of anilines is 1. The van der Waals surface area contributed by atoms with E-state index in [0.717, 1.165) is 37.1 Å². The summed E-state index contributed by atoms with van der Waals surface area (Å²) in [7, 11) is 0. The Morgan fingerprint density at radius 1 is 1.16 bits per heavy atom. The van der Waals surface area contributed by atoms with Gasteiger partial charge in [0.1, 0.15) is 0 Å². The summed E-state index contributed by atoms with van der Waals surface area (Å²) in [6.07, 6.45) is 0. The maximum atomic E-state index is 5.93. The van der Waals surface area contributed by atoms with Gasteiger partial charge in [0.15, 0.2) is 0 Å². The summed E-state index contributed by atoms with van der Waals surface area (Å²) >= 11 is 7.94. The van der Waals surface area contributed by atoms with Gasteiger partial charge in [0.2, 0.25) is 0 Å². The average Bonchev–Trinajstić information content (AvgIpc) is 2.94. The molecule has 1 aromatic carbocycles. The number of nitrogens with zero attached hydrogens (tertiary/aromatic N) is 2. The predicted molar refractivity (Wildman–Crippen MR) is 84.4 cm³/mol. The molecule has 1 N–H and O–H groups in total. The molecule has 0 bridgehead atoms. The summed E-state index contributed by atoms with van der Waals surface area (Å²) in [5.74, 6) is 2.38. The molecule has 0 aliphatic carbocycles. The lowest BCUT2D eigenvalue weighted by Gasteiger charge is -2.37. The molecule has 3 rings (SSSR count). The highest BCUT2D eigenvalue weighted by molar-refractivity contribution is 7.99. The largest absolute Gasteiger partial charge is 0.369 e. The Balaban J connectivity index is 1.50. The molecule has 0 spiro atoms. The van der Waals surface area contributed by atoms with Crippen LogP contribution in [0.25, 0.3) is 0 Å². The van der Waals surface area contributed by atoms with Crippen molar-refractivity contribution in [3.8, 4) is 0 Å². The number of halogens is 1. The first-order valence-electron chi connectivity index (χ1n) is 6.85. The van der Waals surface area contributed by atoms with Gasteiger partial charge in [0.25, 0.3) is 0 Å². The lowest BCUT2D eigenvalue weighted by Crippen LogP contribution is -2.50. The van der Waals surface area contributed by atoms with Gasteiger partial charge in [0, 0.05) is 61.1 Å². The maximum absolute atomic E-state index is 5.93. The van der Waals surface area contributed by atoms with Crippen LogP contribution in [0, 0.1) is 0 Å². The third kappa shape index (κ3) is 3.57. The molecule has 0 radical (unpaired) electrons. The minimum Gasteiger partial charge on any atom is -0.369 e. The maximum Gasteiger partial charge on any atom is 0.0421 e. The van der Waals surface area contributed by atoms with Crippen LogP contribution in [-0.2, 0) is 0 Å². The van der Waals surface area contributed by atoms with E-state index in [0.29, 0.717) is 6.04 Å². The van der Waals surface area contributed by atoms with Crippen LogP contribution in [0.5, 0.6) is 0 Å². The first-order chi connectivity index (χ1) is 9.31. The third-order valence-electron chi connectivity index (χ3n) is 3.84. The highest BCUT2D eigenvalue weighted by Gasteiger charge is 2.22. The van der Waals surface area contributed by atoms with Crippen molar-refractivity contribution in [2.75, 3.05) is 49.3 Å². The van der Waals surface area contributed by atoms with Crippen LogP contribution in [-0.4, -0.2) is 55.3 Å². The molecule has 2 aliphatic rings. The Morgan fingerprint density at radius 2 is 1.89 bits per heavy atom. The Hall–Kier alpha value is -0.420. The molecule has 2 fully saturated rings. The molecule has 1 atom stereocenters. The number of thioether (sulfide) groups is 1. The number of benzene rings is 1. The molecule has 2 saturated heterocycles. The van der Waals surface area contributed by atoms with Gasteiger partial charge in [-0.2, -0.15) is 0 Å². The topological polar surface area (TPSA) is 18.5 Å². The summed E-state index contributed by atoms with van der Waals surface area (Å²) < 4.78 is 0. The van der Waals surface area contributed by atoms with Crippen LogP contribution in [0.1, 0.15) is 0 Å². The van der Waals surface area contributed by atoms with Crippen LogP contribution in [0.3, 0.4) is 0 Å². The quantitative estimate of drug-likeness (QED) is 0.921. The molecule has 19 heavy (non-hydrogen) atoms.